The third-order valence-corrected chi connectivity index (χ3v) is 5.02. The molecule has 7 heteroatoms. The van der Waals surface area contributed by atoms with Crippen LogP contribution in [0.2, 0.25) is 0 Å². The van der Waals surface area contributed by atoms with Gasteiger partial charge in [-0.25, -0.2) is 0 Å². The molecule has 0 saturated heterocycles. The van der Waals surface area contributed by atoms with Gasteiger partial charge in [0.2, 0.25) is 0 Å². The molecule has 22 heavy (non-hydrogen) atoms. The van der Waals surface area contributed by atoms with Crippen molar-refractivity contribution in [3.05, 3.63) is 40.0 Å². The van der Waals surface area contributed by atoms with E-state index in [2.05, 4.69) is 16.6 Å². The van der Waals surface area contributed by atoms with Crippen molar-refractivity contribution in [2.45, 2.75) is 25.7 Å². The number of nitrogens with zero attached hydrogens (tertiary/aromatic N) is 3. The van der Waals surface area contributed by atoms with Crippen molar-refractivity contribution < 1.29 is 0 Å². The molecule has 0 fully saturated rings. The van der Waals surface area contributed by atoms with Crippen LogP contribution in [-0.4, -0.2) is 15.9 Å². The van der Waals surface area contributed by atoms with Crippen LogP contribution >= 0.6 is 23.6 Å². The second-order valence-corrected chi connectivity index (χ2v) is 6.56. The van der Waals surface area contributed by atoms with Crippen molar-refractivity contribution in [2.75, 3.05) is 0 Å². The molecular formula is C15H15N5S2. The number of hydrogen-bond acceptors (Lipinski definition) is 4. The van der Waals surface area contributed by atoms with Crippen molar-refractivity contribution in [1.29, 1.82) is 5.26 Å². The number of rotatable bonds is 3. The minimum atomic E-state index is 0.124. The summed E-state index contributed by atoms with van der Waals surface area (Å²) >= 11 is 6.43. The average Bonchev–Trinajstić information content (AvgIpc) is 3.09. The van der Waals surface area contributed by atoms with Crippen LogP contribution in [0.1, 0.15) is 34.5 Å². The minimum Gasteiger partial charge on any atom is -0.375 e. The maximum Gasteiger partial charge on any atom is 0.184 e. The van der Waals surface area contributed by atoms with E-state index in [1.54, 1.807) is 17.6 Å². The second-order valence-electron chi connectivity index (χ2n) is 5.04. The van der Waals surface area contributed by atoms with Crippen LogP contribution in [0, 0.1) is 11.3 Å². The molecule has 1 aliphatic rings. The number of hydrazone groups is 1. The van der Waals surface area contributed by atoms with E-state index in [0.717, 1.165) is 35.5 Å². The Hall–Kier alpha value is -2.17. The molecule has 0 spiro atoms. The molecular weight excluding hydrogens is 314 g/mol. The van der Waals surface area contributed by atoms with Gasteiger partial charge >= 0.3 is 0 Å². The molecule has 3 N–H and O–H groups in total. The lowest BCUT2D eigenvalue weighted by Crippen LogP contribution is -2.24. The zero-order valence-corrected chi connectivity index (χ0v) is 13.5. The van der Waals surface area contributed by atoms with Crippen LogP contribution in [0.4, 0.5) is 0 Å². The van der Waals surface area contributed by atoms with E-state index < -0.39 is 0 Å². The molecule has 0 bridgehead atoms. The zero-order chi connectivity index (χ0) is 15.5. The molecule has 3 rings (SSSR count). The molecule has 2 aromatic rings. The molecule has 0 radical (unpaired) electrons. The smallest absolute Gasteiger partial charge is 0.184 e. The van der Waals surface area contributed by atoms with Crippen molar-refractivity contribution in [3.8, 4) is 11.1 Å². The van der Waals surface area contributed by atoms with Gasteiger partial charge in [-0.15, -0.1) is 11.3 Å². The number of fused-ring (bicyclic) bond motifs is 1. The highest BCUT2D eigenvalue weighted by molar-refractivity contribution is 7.80. The molecule has 5 nitrogen and oxygen atoms in total. The summed E-state index contributed by atoms with van der Waals surface area (Å²) in [4.78, 5) is 1.34. The third-order valence-electron chi connectivity index (χ3n) is 3.64. The van der Waals surface area contributed by atoms with Gasteiger partial charge in [-0.1, -0.05) is 0 Å². The lowest BCUT2D eigenvalue weighted by molar-refractivity contribution is 0.695. The van der Waals surface area contributed by atoms with Gasteiger partial charge in [-0.2, -0.15) is 10.4 Å². The fourth-order valence-electron chi connectivity index (χ4n) is 2.68. The number of nitrogens with two attached hydrogens (primary N) is 1. The van der Waals surface area contributed by atoms with Gasteiger partial charge in [0, 0.05) is 11.1 Å². The van der Waals surface area contributed by atoms with Gasteiger partial charge in [-0.3, -0.25) is 5.43 Å². The van der Waals surface area contributed by atoms with Crippen molar-refractivity contribution in [1.82, 2.24) is 9.99 Å². The van der Waals surface area contributed by atoms with Crippen LogP contribution in [0.3, 0.4) is 0 Å². The minimum absolute atomic E-state index is 0.124. The number of nitriles is 1. The van der Waals surface area contributed by atoms with Gasteiger partial charge < -0.3 is 10.3 Å². The number of hydrogen-bond donors (Lipinski definition) is 2. The van der Waals surface area contributed by atoms with Crippen LogP contribution in [0.5, 0.6) is 0 Å². The first kappa shape index (κ1) is 14.8. The first-order valence-electron chi connectivity index (χ1n) is 7.01. The van der Waals surface area contributed by atoms with Crippen LogP contribution in [-0.2, 0) is 12.8 Å². The Balaban J connectivity index is 2.01. The van der Waals surface area contributed by atoms with Gasteiger partial charge in [-0.05, 0) is 55.6 Å². The average molecular weight is 329 g/mol. The molecule has 0 atom stereocenters. The maximum absolute atomic E-state index is 9.57. The van der Waals surface area contributed by atoms with Gasteiger partial charge in [0.25, 0.3) is 0 Å². The normalized spacial score (nSPS) is 13.8. The summed E-state index contributed by atoms with van der Waals surface area (Å²) in [5.41, 5.74) is 10.8. The molecule has 0 saturated carbocycles. The molecule has 2 heterocycles. The van der Waals surface area contributed by atoms with Gasteiger partial charge in [0.1, 0.15) is 11.1 Å². The third kappa shape index (κ3) is 2.75. The van der Waals surface area contributed by atoms with Crippen LogP contribution in [0.15, 0.2) is 23.4 Å². The zero-order valence-electron chi connectivity index (χ0n) is 11.9. The first-order chi connectivity index (χ1) is 10.7. The Morgan fingerprint density at radius 3 is 3.09 bits per heavy atom. The molecule has 0 aromatic carbocycles. The van der Waals surface area contributed by atoms with E-state index in [1.165, 1.54) is 16.9 Å². The van der Waals surface area contributed by atoms with E-state index in [1.807, 2.05) is 22.9 Å². The standard InChI is InChI=1S/C15H15N5S2/c16-8-12-11-5-1-2-6-13(11)22-14(12)20-7-3-4-10(20)9-18-19-15(17)21/h3-4,7,9H,1-2,5-6H2,(H3,17,19,21)/b18-9-. The van der Waals surface area contributed by atoms with E-state index in [4.69, 9.17) is 18.0 Å². The summed E-state index contributed by atoms with van der Waals surface area (Å²) in [5.74, 6) is 0. The van der Waals surface area contributed by atoms with Gasteiger partial charge in [0.15, 0.2) is 5.11 Å². The van der Waals surface area contributed by atoms with Crippen molar-refractivity contribution >= 4 is 34.9 Å². The van der Waals surface area contributed by atoms with E-state index in [9.17, 15) is 5.26 Å². The first-order valence-corrected chi connectivity index (χ1v) is 8.24. The summed E-state index contributed by atoms with van der Waals surface area (Å²) in [6, 6.07) is 6.25. The maximum atomic E-state index is 9.57. The largest absolute Gasteiger partial charge is 0.375 e. The summed E-state index contributed by atoms with van der Waals surface area (Å²) in [6.07, 6.45) is 8.04. The second kappa shape index (κ2) is 6.30. The summed E-state index contributed by atoms with van der Waals surface area (Å²) in [5, 5.41) is 14.7. The monoisotopic (exact) mass is 329 g/mol. The highest BCUT2D eigenvalue weighted by Crippen LogP contribution is 2.36. The number of thiocarbonyl (C=S) groups is 1. The fraction of sp³-hybridized carbons (Fsp3) is 0.267. The van der Waals surface area contributed by atoms with Crippen molar-refractivity contribution in [2.24, 2.45) is 10.8 Å². The molecule has 2 aromatic heterocycles. The summed E-state index contributed by atoms with van der Waals surface area (Å²) in [7, 11) is 0. The lowest BCUT2D eigenvalue weighted by atomic mass is 9.96. The lowest BCUT2D eigenvalue weighted by Gasteiger charge is -2.09. The van der Waals surface area contributed by atoms with E-state index in [-0.39, 0.29) is 5.11 Å². The summed E-state index contributed by atoms with van der Waals surface area (Å²) < 4.78 is 1.99. The quantitative estimate of drug-likeness (QED) is 0.515. The predicted molar refractivity (Wildman–Crippen MR) is 92.5 cm³/mol. The Kier molecular flexibility index (Phi) is 4.22. The highest BCUT2D eigenvalue weighted by atomic mass is 32.1. The SMILES string of the molecule is N#Cc1c(-n2cccc2/C=N\NC(N)=S)sc2c1CCCC2. The number of aryl methyl sites for hydroxylation is 1. The van der Waals surface area contributed by atoms with Crippen LogP contribution < -0.4 is 11.2 Å². The Bertz CT molecular complexity index is 778. The Morgan fingerprint density at radius 2 is 2.32 bits per heavy atom. The van der Waals surface area contributed by atoms with Crippen LogP contribution in [0.25, 0.3) is 5.00 Å². The van der Waals surface area contributed by atoms with Crippen molar-refractivity contribution in [3.63, 3.8) is 0 Å². The predicted octanol–water partition coefficient (Wildman–Crippen LogP) is 2.46. The molecule has 112 valence electrons. The highest BCUT2D eigenvalue weighted by Gasteiger charge is 2.22. The Labute approximate surface area is 138 Å². The van der Waals surface area contributed by atoms with E-state index >= 15 is 0 Å². The number of thiophene rings is 1. The molecule has 0 aliphatic heterocycles. The fourth-order valence-corrected chi connectivity index (χ4v) is 4.08. The summed E-state index contributed by atoms with van der Waals surface area (Å²) in [6.45, 7) is 0. The Morgan fingerprint density at radius 1 is 1.50 bits per heavy atom. The topological polar surface area (TPSA) is 79.1 Å². The molecule has 0 unspecified atom stereocenters. The van der Waals surface area contributed by atoms with E-state index in [0.29, 0.717) is 0 Å². The molecule has 1 aliphatic carbocycles. The molecule has 0 amide bonds. The number of nitrogens with one attached hydrogen (secondary N) is 1. The number of aromatic nitrogens is 1. The van der Waals surface area contributed by atoms with Gasteiger partial charge in [0.05, 0.1) is 17.5 Å².